The van der Waals surface area contributed by atoms with Gasteiger partial charge in [0.25, 0.3) is 0 Å². The van der Waals surface area contributed by atoms with E-state index in [-0.39, 0.29) is 5.56 Å². The first-order valence-electron chi connectivity index (χ1n) is 5.28. The fourth-order valence-corrected chi connectivity index (χ4v) is 2.41. The topological polar surface area (TPSA) is 88.0 Å². The minimum Gasteiger partial charge on any atom is -0.477 e. The molecule has 94 valence electrons. The summed E-state index contributed by atoms with van der Waals surface area (Å²) in [5.41, 5.74) is 1.02. The van der Waals surface area contributed by atoms with Crippen LogP contribution in [-0.4, -0.2) is 26.0 Å². The highest BCUT2D eigenvalue weighted by Crippen LogP contribution is 2.19. The number of nitrogens with zero attached hydrogens (tertiary/aromatic N) is 3. The summed E-state index contributed by atoms with van der Waals surface area (Å²) in [6.07, 6.45) is 2.60. The van der Waals surface area contributed by atoms with Crippen LogP contribution in [0.15, 0.2) is 12.5 Å². The summed E-state index contributed by atoms with van der Waals surface area (Å²) >= 11 is 1.58. The molecule has 0 fully saturated rings. The lowest BCUT2D eigenvalue weighted by Crippen LogP contribution is -2.08. The Bertz CT molecular complexity index is 582. The lowest BCUT2D eigenvalue weighted by Gasteiger charge is -2.06. The van der Waals surface area contributed by atoms with Crippen LogP contribution in [0.1, 0.15) is 25.9 Å². The summed E-state index contributed by atoms with van der Waals surface area (Å²) in [4.78, 5) is 24.0. The molecule has 0 amide bonds. The Morgan fingerprint density at radius 2 is 2.28 bits per heavy atom. The number of carboxylic acids is 1. The number of thiazole rings is 1. The Morgan fingerprint density at radius 1 is 1.50 bits per heavy atom. The first kappa shape index (κ1) is 12.4. The van der Waals surface area contributed by atoms with Gasteiger partial charge in [0.05, 0.1) is 17.2 Å². The van der Waals surface area contributed by atoms with E-state index in [4.69, 9.17) is 5.11 Å². The van der Waals surface area contributed by atoms with E-state index < -0.39 is 5.97 Å². The molecule has 6 nitrogen and oxygen atoms in total. The Morgan fingerprint density at radius 3 is 2.89 bits per heavy atom. The Balaban J connectivity index is 2.15. The average Bonchev–Trinajstić information content (AvgIpc) is 2.65. The van der Waals surface area contributed by atoms with Crippen molar-refractivity contribution in [3.63, 3.8) is 0 Å². The second kappa shape index (κ2) is 5.09. The van der Waals surface area contributed by atoms with Crippen molar-refractivity contribution in [2.45, 2.75) is 20.4 Å². The van der Waals surface area contributed by atoms with Gasteiger partial charge in [-0.15, -0.1) is 11.3 Å². The van der Waals surface area contributed by atoms with Crippen LogP contribution in [0.25, 0.3) is 0 Å². The van der Waals surface area contributed by atoms with E-state index in [1.54, 1.807) is 11.3 Å². The summed E-state index contributed by atoms with van der Waals surface area (Å²) in [7, 11) is 0. The van der Waals surface area contributed by atoms with Crippen LogP contribution in [0.5, 0.6) is 0 Å². The zero-order valence-corrected chi connectivity index (χ0v) is 10.8. The zero-order valence-electron chi connectivity index (χ0n) is 9.97. The molecule has 0 aliphatic rings. The molecule has 2 rings (SSSR count). The molecule has 0 aliphatic carbocycles. The van der Waals surface area contributed by atoms with Gasteiger partial charge in [-0.05, 0) is 13.8 Å². The standard InChI is InChI=1S/C11H12N4O2S/c1-6-9(18-7(2)15-6)4-13-10-8(11(16)17)3-12-5-14-10/h3,5H,4H2,1-2H3,(H,16,17)(H,12,13,14). The molecule has 0 spiro atoms. The second-order valence-corrected chi connectivity index (χ2v) is 4.97. The Hall–Kier alpha value is -2.02. The van der Waals surface area contributed by atoms with Gasteiger partial charge in [0.2, 0.25) is 0 Å². The van der Waals surface area contributed by atoms with Crippen molar-refractivity contribution in [3.05, 3.63) is 33.7 Å². The highest BCUT2D eigenvalue weighted by molar-refractivity contribution is 7.11. The van der Waals surface area contributed by atoms with Gasteiger partial charge in [0, 0.05) is 11.1 Å². The molecule has 0 radical (unpaired) electrons. The molecular weight excluding hydrogens is 252 g/mol. The van der Waals surface area contributed by atoms with Gasteiger partial charge in [-0.2, -0.15) is 0 Å². The number of aromatic nitrogens is 3. The van der Waals surface area contributed by atoms with Gasteiger partial charge in [0.1, 0.15) is 17.7 Å². The summed E-state index contributed by atoms with van der Waals surface area (Å²) in [5.74, 6) is -0.724. The van der Waals surface area contributed by atoms with Gasteiger partial charge in [-0.3, -0.25) is 0 Å². The lowest BCUT2D eigenvalue weighted by atomic mass is 10.3. The van der Waals surface area contributed by atoms with Crippen molar-refractivity contribution in [1.82, 2.24) is 15.0 Å². The van der Waals surface area contributed by atoms with Gasteiger partial charge in [0.15, 0.2) is 0 Å². The molecular formula is C11H12N4O2S. The van der Waals surface area contributed by atoms with Crippen molar-refractivity contribution in [2.24, 2.45) is 0 Å². The predicted octanol–water partition coefficient (Wildman–Crippen LogP) is 1.86. The molecule has 0 saturated carbocycles. The van der Waals surface area contributed by atoms with Crippen LogP contribution in [0.3, 0.4) is 0 Å². The molecule has 0 atom stereocenters. The number of anilines is 1. The van der Waals surface area contributed by atoms with Crippen LogP contribution < -0.4 is 5.32 Å². The molecule has 0 aliphatic heterocycles. The molecule has 2 N–H and O–H groups in total. The van der Waals surface area contributed by atoms with E-state index in [1.807, 2.05) is 13.8 Å². The van der Waals surface area contributed by atoms with Crippen LogP contribution >= 0.6 is 11.3 Å². The van der Waals surface area contributed by atoms with Crippen molar-refractivity contribution >= 4 is 23.1 Å². The van der Waals surface area contributed by atoms with Crippen LogP contribution in [0, 0.1) is 13.8 Å². The van der Waals surface area contributed by atoms with Gasteiger partial charge < -0.3 is 10.4 Å². The summed E-state index contributed by atoms with van der Waals surface area (Å²) in [6.45, 7) is 4.38. The maximum Gasteiger partial charge on any atom is 0.341 e. The number of rotatable bonds is 4. The van der Waals surface area contributed by atoms with Crippen LogP contribution in [0.2, 0.25) is 0 Å². The third-order valence-corrected chi connectivity index (χ3v) is 3.43. The number of nitrogens with one attached hydrogen (secondary N) is 1. The smallest absolute Gasteiger partial charge is 0.341 e. The van der Waals surface area contributed by atoms with Gasteiger partial charge in [-0.25, -0.2) is 19.7 Å². The molecule has 7 heteroatoms. The zero-order chi connectivity index (χ0) is 13.1. The quantitative estimate of drug-likeness (QED) is 0.876. The molecule has 0 bridgehead atoms. The van der Waals surface area contributed by atoms with Crippen molar-refractivity contribution < 1.29 is 9.90 Å². The van der Waals surface area contributed by atoms with Gasteiger partial charge >= 0.3 is 5.97 Å². The fraction of sp³-hybridized carbons (Fsp3) is 0.273. The monoisotopic (exact) mass is 264 g/mol. The molecule has 0 aromatic carbocycles. The first-order valence-corrected chi connectivity index (χ1v) is 6.09. The lowest BCUT2D eigenvalue weighted by molar-refractivity contribution is 0.0697. The Kier molecular flexibility index (Phi) is 3.52. The van der Waals surface area contributed by atoms with E-state index in [1.165, 1.54) is 12.5 Å². The third kappa shape index (κ3) is 2.62. The summed E-state index contributed by atoms with van der Waals surface area (Å²) in [5, 5.41) is 13.0. The molecule has 0 saturated heterocycles. The molecule has 2 aromatic heterocycles. The van der Waals surface area contributed by atoms with Crippen molar-refractivity contribution in [3.8, 4) is 0 Å². The summed E-state index contributed by atoms with van der Waals surface area (Å²) in [6, 6.07) is 0. The van der Waals surface area contributed by atoms with E-state index >= 15 is 0 Å². The normalized spacial score (nSPS) is 10.3. The number of carboxylic acid groups (broad SMARTS) is 1. The number of aryl methyl sites for hydroxylation is 2. The maximum absolute atomic E-state index is 11.0. The maximum atomic E-state index is 11.0. The highest BCUT2D eigenvalue weighted by Gasteiger charge is 2.12. The van der Waals surface area contributed by atoms with E-state index in [0.717, 1.165) is 15.6 Å². The minimum absolute atomic E-state index is 0.0661. The molecule has 0 unspecified atom stereocenters. The first-order chi connectivity index (χ1) is 8.58. The fourth-order valence-electron chi connectivity index (χ4n) is 1.53. The molecule has 2 aromatic rings. The highest BCUT2D eigenvalue weighted by atomic mass is 32.1. The van der Waals surface area contributed by atoms with E-state index in [0.29, 0.717) is 12.4 Å². The summed E-state index contributed by atoms with van der Waals surface area (Å²) < 4.78 is 0. The number of aromatic carboxylic acids is 1. The largest absolute Gasteiger partial charge is 0.477 e. The molecule has 18 heavy (non-hydrogen) atoms. The number of carbonyl (C=O) groups is 1. The van der Waals surface area contributed by atoms with Crippen molar-refractivity contribution in [2.75, 3.05) is 5.32 Å². The number of hydrogen-bond donors (Lipinski definition) is 2. The van der Waals surface area contributed by atoms with Crippen molar-refractivity contribution in [1.29, 1.82) is 0 Å². The second-order valence-electron chi connectivity index (χ2n) is 3.69. The SMILES string of the molecule is Cc1nc(C)c(CNc2ncncc2C(=O)O)s1. The molecule has 2 heterocycles. The number of hydrogen-bond acceptors (Lipinski definition) is 6. The third-order valence-electron chi connectivity index (χ3n) is 2.36. The predicted molar refractivity (Wildman–Crippen MR) is 67.9 cm³/mol. The minimum atomic E-state index is -1.05. The Labute approximate surface area is 108 Å². The van der Waals surface area contributed by atoms with E-state index in [2.05, 4.69) is 20.3 Å². The van der Waals surface area contributed by atoms with Gasteiger partial charge in [-0.1, -0.05) is 0 Å². The van der Waals surface area contributed by atoms with Crippen LogP contribution in [0.4, 0.5) is 5.82 Å². The van der Waals surface area contributed by atoms with E-state index in [9.17, 15) is 4.79 Å². The average molecular weight is 264 g/mol. The van der Waals surface area contributed by atoms with Crippen LogP contribution in [-0.2, 0) is 6.54 Å².